The Labute approximate surface area is 136 Å². The van der Waals surface area contributed by atoms with Gasteiger partial charge in [-0.05, 0) is 32.0 Å². The van der Waals surface area contributed by atoms with Crippen molar-refractivity contribution in [2.45, 2.75) is 18.9 Å². The number of hydrogen-bond acceptors (Lipinski definition) is 6. The third-order valence-corrected chi connectivity index (χ3v) is 5.09. The third-order valence-electron chi connectivity index (χ3n) is 5.09. The van der Waals surface area contributed by atoms with Crippen molar-refractivity contribution in [1.29, 1.82) is 0 Å². The van der Waals surface area contributed by atoms with Crippen molar-refractivity contribution in [3.05, 3.63) is 28.3 Å². The van der Waals surface area contributed by atoms with Gasteiger partial charge < -0.3 is 15.5 Å². The first-order valence-corrected chi connectivity index (χ1v) is 8.26. The first kappa shape index (κ1) is 16.0. The molecule has 23 heavy (non-hydrogen) atoms. The summed E-state index contributed by atoms with van der Waals surface area (Å²) in [6.07, 6.45) is 2.28. The molecule has 1 aromatic rings. The van der Waals surface area contributed by atoms with E-state index in [9.17, 15) is 10.1 Å². The summed E-state index contributed by atoms with van der Waals surface area (Å²) in [6, 6.07) is 5.71. The molecule has 2 heterocycles. The number of nitro benzene ring substituents is 1. The number of benzene rings is 1. The molecule has 2 N–H and O–H groups in total. The number of nitrogens with zero attached hydrogens (tertiary/aromatic N) is 4. The topological polar surface area (TPSA) is 78.9 Å². The molecule has 2 fully saturated rings. The summed E-state index contributed by atoms with van der Waals surface area (Å²) in [6.45, 7) is 6.58. The molecule has 2 aliphatic heterocycles. The van der Waals surface area contributed by atoms with E-state index in [4.69, 9.17) is 5.73 Å². The van der Waals surface area contributed by atoms with E-state index >= 15 is 0 Å². The normalized spacial score (nSPS) is 21.5. The Bertz CT molecular complexity index is 564. The van der Waals surface area contributed by atoms with Crippen LogP contribution < -0.4 is 10.6 Å². The van der Waals surface area contributed by atoms with Crippen molar-refractivity contribution in [3.8, 4) is 0 Å². The van der Waals surface area contributed by atoms with Crippen LogP contribution in [-0.4, -0.2) is 67.1 Å². The van der Waals surface area contributed by atoms with E-state index in [0.29, 0.717) is 6.04 Å². The van der Waals surface area contributed by atoms with Crippen LogP contribution in [0.3, 0.4) is 0 Å². The van der Waals surface area contributed by atoms with Crippen molar-refractivity contribution in [2.24, 2.45) is 0 Å². The molecule has 0 spiro atoms. The van der Waals surface area contributed by atoms with Gasteiger partial charge in [-0.2, -0.15) is 0 Å². The van der Waals surface area contributed by atoms with Crippen LogP contribution >= 0.6 is 0 Å². The molecule has 7 heteroatoms. The minimum Gasteiger partial charge on any atom is -0.393 e. The summed E-state index contributed by atoms with van der Waals surface area (Å²) in [5, 5.41) is 10.9. The molecule has 0 saturated carbocycles. The molecular formula is C16H25N5O2. The second-order valence-electron chi connectivity index (χ2n) is 6.56. The van der Waals surface area contributed by atoms with Crippen LogP contribution in [0.25, 0.3) is 0 Å². The van der Waals surface area contributed by atoms with Crippen LogP contribution in [0.4, 0.5) is 17.1 Å². The maximum Gasteiger partial charge on any atom is 0.292 e. The van der Waals surface area contributed by atoms with Gasteiger partial charge in [-0.15, -0.1) is 0 Å². The van der Waals surface area contributed by atoms with E-state index in [2.05, 4.69) is 21.7 Å². The highest BCUT2D eigenvalue weighted by Gasteiger charge is 2.27. The summed E-state index contributed by atoms with van der Waals surface area (Å²) in [4.78, 5) is 17.7. The van der Waals surface area contributed by atoms with Crippen LogP contribution in [0.1, 0.15) is 12.8 Å². The monoisotopic (exact) mass is 319 g/mol. The number of nitrogen functional groups attached to an aromatic ring is 1. The molecular weight excluding hydrogens is 294 g/mol. The Balaban J connectivity index is 1.58. The zero-order chi connectivity index (χ0) is 16.4. The van der Waals surface area contributed by atoms with Gasteiger partial charge in [0.05, 0.1) is 4.92 Å². The summed E-state index contributed by atoms with van der Waals surface area (Å²) < 4.78 is 0. The second kappa shape index (κ2) is 6.72. The molecule has 0 aliphatic carbocycles. The lowest BCUT2D eigenvalue weighted by molar-refractivity contribution is -0.383. The summed E-state index contributed by atoms with van der Waals surface area (Å²) in [7, 11) is 2.18. The minimum absolute atomic E-state index is 0.0129. The summed E-state index contributed by atoms with van der Waals surface area (Å²) >= 11 is 0. The lowest BCUT2D eigenvalue weighted by Gasteiger charge is -2.42. The number of rotatable bonds is 3. The maximum absolute atomic E-state index is 10.9. The number of likely N-dealkylation sites (N-methyl/N-ethyl adjacent to an activating group) is 1. The largest absolute Gasteiger partial charge is 0.393 e. The average molecular weight is 319 g/mol. The zero-order valence-electron chi connectivity index (χ0n) is 13.6. The predicted molar refractivity (Wildman–Crippen MR) is 91.8 cm³/mol. The molecule has 0 atom stereocenters. The van der Waals surface area contributed by atoms with E-state index in [0.717, 1.165) is 57.8 Å². The lowest BCUT2D eigenvalue weighted by Crippen LogP contribution is -2.52. The smallest absolute Gasteiger partial charge is 0.292 e. The van der Waals surface area contributed by atoms with Crippen LogP contribution in [-0.2, 0) is 0 Å². The summed E-state index contributed by atoms with van der Waals surface area (Å²) in [5.74, 6) is 0. The van der Waals surface area contributed by atoms with Gasteiger partial charge in [0.25, 0.3) is 5.69 Å². The van der Waals surface area contributed by atoms with Gasteiger partial charge in [0, 0.05) is 57.1 Å². The SMILES string of the molecule is CN1CCN(C2CCN(c3ccc([N+](=O)[O-])c(N)c3)CC2)CC1. The van der Waals surface area contributed by atoms with Crippen LogP contribution in [0.5, 0.6) is 0 Å². The molecule has 2 aliphatic rings. The predicted octanol–water partition coefficient (Wildman–Crippen LogP) is 1.39. The Kier molecular flexibility index (Phi) is 4.68. The standard InChI is InChI=1S/C16H25N5O2/c1-18-8-10-20(11-9-18)13-4-6-19(7-5-13)14-2-3-16(21(22)23)15(17)12-14/h2-3,12-13H,4-11,17H2,1H3. The number of hydrogen-bond donors (Lipinski definition) is 1. The fourth-order valence-electron chi connectivity index (χ4n) is 3.58. The Morgan fingerprint density at radius 2 is 1.78 bits per heavy atom. The molecule has 7 nitrogen and oxygen atoms in total. The van der Waals surface area contributed by atoms with Crippen molar-refractivity contribution < 1.29 is 4.92 Å². The molecule has 0 amide bonds. The van der Waals surface area contributed by atoms with Gasteiger partial charge in [0.2, 0.25) is 0 Å². The van der Waals surface area contributed by atoms with Crippen LogP contribution in [0.15, 0.2) is 18.2 Å². The van der Waals surface area contributed by atoms with Crippen molar-refractivity contribution >= 4 is 17.1 Å². The minimum atomic E-state index is -0.432. The van der Waals surface area contributed by atoms with Gasteiger partial charge in [-0.25, -0.2) is 0 Å². The molecule has 0 aromatic heterocycles. The van der Waals surface area contributed by atoms with Gasteiger partial charge in [0.1, 0.15) is 5.69 Å². The number of anilines is 2. The Hall–Kier alpha value is -1.86. The van der Waals surface area contributed by atoms with Crippen LogP contribution in [0.2, 0.25) is 0 Å². The number of piperazine rings is 1. The maximum atomic E-state index is 10.9. The first-order valence-electron chi connectivity index (χ1n) is 8.26. The molecule has 2 saturated heterocycles. The molecule has 3 rings (SSSR count). The Morgan fingerprint density at radius 1 is 1.13 bits per heavy atom. The van der Waals surface area contributed by atoms with Crippen LogP contribution in [0, 0.1) is 10.1 Å². The molecule has 126 valence electrons. The van der Waals surface area contributed by atoms with E-state index in [-0.39, 0.29) is 11.4 Å². The highest BCUT2D eigenvalue weighted by atomic mass is 16.6. The fraction of sp³-hybridized carbons (Fsp3) is 0.625. The molecule has 1 aromatic carbocycles. The van der Waals surface area contributed by atoms with Crippen molar-refractivity contribution in [1.82, 2.24) is 9.80 Å². The zero-order valence-corrected chi connectivity index (χ0v) is 13.6. The number of nitrogens with two attached hydrogens (primary N) is 1. The van der Waals surface area contributed by atoms with Crippen molar-refractivity contribution in [3.63, 3.8) is 0 Å². The number of piperidine rings is 1. The lowest BCUT2D eigenvalue weighted by atomic mass is 10.0. The Morgan fingerprint density at radius 3 is 2.35 bits per heavy atom. The number of nitro groups is 1. The van der Waals surface area contributed by atoms with Crippen molar-refractivity contribution in [2.75, 3.05) is 56.9 Å². The van der Waals surface area contributed by atoms with Gasteiger partial charge in [0.15, 0.2) is 0 Å². The molecule has 0 bridgehead atoms. The van der Waals surface area contributed by atoms with Gasteiger partial charge in [-0.3, -0.25) is 15.0 Å². The highest BCUT2D eigenvalue weighted by molar-refractivity contribution is 5.66. The average Bonchev–Trinajstić information content (AvgIpc) is 2.55. The first-order chi connectivity index (χ1) is 11.0. The molecule has 0 unspecified atom stereocenters. The second-order valence-corrected chi connectivity index (χ2v) is 6.56. The third kappa shape index (κ3) is 3.56. The van der Waals surface area contributed by atoms with E-state index in [1.165, 1.54) is 6.07 Å². The quantitative estimate of drug-likeness (QED) is 0.515. The fourth-order valence-corrected chi connectivity index (χ4v) is 3.58. The molecule has 0 radical (unpaired) electrons. The van der Waals surface area contributed by atoms with E-state index < -0.39 is 4.92 Å². The van der Waals surface area contributed by atoms with Gasteiger partial charge >= 0.3 is 0 Å². The van der Waals surface area contributed by atoms with Gasteiger partial charge in [-0.1, -0.05) is 0 Å². The van der Waals surface area contributed by atoms with E-state index in [1.807, 2.05) is 6.07 Å². The highest BCUT2D eigenvalue weighted by Crippen LogP contribution is 2.29. The van der Waals surface area contributed by atoms with E-state index in [1.54, 1.807) is 6.07 Å². The summed E-state index contributed by atoms with van der Waals surface area (Å²) in [5.41, 5.74) is 7.03.